The van der Waals surface area contributed by atoms with E-state index in [1.807, 2.05) is 22.6 Å². The van der Waals surface area contributed by atoms with E-state index < -0.39 is 0 Å². The molecule has 0 radical (unpaired) electrons. The fraction of sp³-hybridized carbons (Fsp3) is 0.769. The van der Waals surface area contributed by atoms with Crippen molar-refractivity contribution < 1.29 is 0 Å². The summed E-state index contributed by atoms with van der Waals surface area (Å²) in [6.07, 6.45) is 7.43. The second kappa shape index (κ2) is 6.45. The van der Waals surface area contributed by atoms with E-state index in [1.54, 1.807) is 0 Å². The first-order valence-corrected chi connectivity index (χ1v) is 7.63. The molecule has 0 aliphatic carbocycles. The number of rotatable bonds is 6. The lowest BCUT2D eigenvalue weighted by Gasteiger charge is -2.19. The van der Waals surface area contributed by atoms with E-state index in [0.29, 0.717) is 6.04 Å². The quantitative estimate of drug-likeness (QED) is 0.847. The molecule has 3 nitrogen and oxygen atoms in total. The van der Waals surface area contributed by atoms with Gasteiger partial charge in [0.05, 0.1) is 11.7 Å². The van der Waals surface area contributed by atoms with Crippen molar-refractivity contribution in [3.05, 3.63) is 18.0 Å². The number of hydrogen-bond donors (Lipinski definition) is 1. The number of aromatic nitrogens is 2. The van der Waals surface area contributed by atoms with E-state index in [9.17, 15) is 0 Å². The normalized spacial score (nSPS) is 13.9. The van der Waals surface area contributed by atoms with Gasteiger partial charge in [-0.2, -0.15) is 16.9 Å². The molecule has 1 heterocycles. The predicted octanol–water partition coefficient (Wildman–Crippen LogP) is 2.87. The summed E-state index contributed by atoms with van der Waals surface area (Å²) in [7, 11) is 0. The highest BCUT2D eigenvalue weighted by Gasteiger charge is 2.14. The zero-order valence-electron chi connectivity index (χ0n) is 11.7. The number of thioether (sulfide) groups is 1. The highest BCUT2D eigenvalue weighted by Crippen LogP contribution is 2.13. The van der Waals surface area contributed by atoms with Crippen molar-refractivity contribution in [3.63, 3.8) is 0 Å². The molecule has 98 valence electrons. The third kappa shape index (κ3) is 4.72. The Morgan fingerprint density at radius 1 is 1.47 bits per heavy atom. The van der Waals surface area contributed by atoms with Crippen LogP contribution in [0.15, 0.2) is 12.4 Å². The van der Waals surface area contributed by atoms with Crippen LogP contribution in [0.5, 0.6) is 0 Å². The molecule has 0 aliphatic heterocycles. The molecule has 1 aromatic heterocycles. The fourth-order valence-corrected chi connectivity index (χ4v) is 2.36. The minimum Gasteiger partial charge on any atom is -0.309 e. The first kappa shape index (κ1) is 14.6. The molecule has 1 rings (SSSR count). The molecule has 0 saturated heterocycles. The molecule has 0 saturated carbocycles. The average molecular weight is 255 g/mol. The summed E-state index contributed by atoms with van der Waals surface area (Å²) in [5, 5.41) is 7.99. The van der Waals surface area contributed by atoms with Gasteiger partial charge in [0.2, 0.25) is 0 Å². The Balaban J connectivity index is 2.49. The summed E-state index contributed by atoms with van der Waals surface area (Å²) >= 11 is 1.90. The van der Waals surface area contributed by atoms with Gasteiger partial charge in [0.25, 0.3) is 0 Å². The standard InChI is InChI=1S/C13H25N3S/c1-6-12(10-17-5)14-7-11-8-15-16(9-11)13(2,3)4/h8-9,12,14H,6-7,10H2,1-5H3. The summed E-state index contributed by atoms with van der Waals surface area (Å²) in [5.41, 5.74) is 1.33. The maximum Gasteiger partial charge on any atom is 0.0543 e. The highest BCUT2D eigenvalue weighted by atomic mass is 32.2. The lowest BCUT2D eigenvalue weighted by molar-refractivity contribution is 0.355. The molecule has 1 unspecified atom stereocenters. The third-order valence-corrected chi connectivity index (χ3v) is 3.51. The Morgan fingerprint density at radius 3 is 2.65 bits per heavy atom. The fourth-order valence-electron chi connectivity index (χ4n) is 1.60. The van der Waals surface area contributed by atoms with Crippen LogP contribution in [0.2, 0.25) is 0 Å². The van der Waals surface area contributed by atoms with Crippen molar-refractivity contribution in [3.8, 4) is 0 Å². The SMILES string of the molecule is CCC(CSC)NCc1cnn(C(C)(C)C)c1. The van der Waals surface area contributed by atoms with Gasteiger partial charge in [-0.05, 0) is 33.4 Å². The van der Waals surface area contributed by atoms with Crippen molar-refractivity contribution in [1.82, 2.24) is 15.1 Å². The van der Waals surface area contributed by atoms with Crippen molar-refractivity contribution in [2.24, 2.45) is 0 Å². The van der Waals surface area contributed by atoms with Gasteiger partial charge in [0, 0.05) is 30.1 Å². The van der Waals surface area contributed by atoms with Gasteiger partial charge in [-0.1, -0.05) is 6.92 Å². The zero-order valence-corrected chi connectivity index (χ0v) is 12.5. The number of nitrogens with zero attached hydrogens (tertiary/aromatic N) is 2. The molecule has 0 amide bonds. The van der Waals surface area contributed by atoms with Crippen molar-refractivity contribution in [2.75, 3.05) is 12.0 Å². The molecule has 0 spiro atoms. The van der Waals surface area contributed by atoms with Gasteiger partial charge in [0.1, 0.15) is 0 Å². The Labute approximate surface area is 109 Å². The van der Waals surface area contributed by atoms with Crippen LogP contribution in [-0.4, -0.2) is 27.8 Å². The lowest BCUT2D eigenvalue weighted by Crippen LogP contribution is -2.30. The molecule has 1 atom stereocenters. The molecule has 0 aliphatic rings. The highest BCUT2D eigenvalue weighted by molar-refractivity contribution is 7.98. The Bertz CT molecular complexity index is 328. The minimum absolute atomic E-state index is 0.0711. The Morgan fingerprint density at radius 2 is 2.18 bits per heavy atom. The van der Waals surface area contributed by atoms with Crippen molar-refractivity contribution in [1.29, 1.82) is 0 Å². The van der Waals surface area contributed by atoms with E-state index in [0.717, 1.165) is 6.54 Å². The van der Waals surface area contributed by atoms with Gasteiger partial charge in [-0.15, -0.1) is 0 Å². The van der Waals surface area contributed by atoms with E-state index in [1.165, 1.54) is 17.7 Å². The van der Waals surface area contributed by atoms with E-state index in [2.05, 4.69) is 50.6 Å². The first-order valence-electron chi connectivity index (χ1n) is 6.23. The Kier molecular flexibility index (Phi) is 5.53. The van der Waals surface area contributed by atoms with Crippen LogP contribution in [0.3, 0.4) is 0 Å². The van der Waals surface area contributed by atoms with Gasteiger partial charge in [0.15, 0.2) is 0 Å². The summed E-state index contributed by atoms with van der Waals surface area (Å²) in [6.45, 7) is 9.64. The lowest BCUT2D eigenvalue weighted by atomic mass is 10.1. The molecule has 0 fully saturated rings. The zero-order chi connectivity index (χ0) is 12.9. The summed E-state index contributed by atoms with van der Waals surface area (Å²) in [6, 6.07) is 0.600. The van der Waals surface area contributed by atoms with Crippen LogP contribution < -0.4 is 5.32 Å². The third-order valence-electron chi connectivity index (χ3n) is 2.78. The average Bonchev–Trinajstić information content (AvgIpc) is 2.72. The molecule has 4 heteroatoms. The number of hydrogen-bond acceptors (Lipinski definition) is 3. The minimum atomic E-state index is 0.0711. The van der Waals surface area contributed by atoms with Crippen molar-refractivity contribution in [2.45, 2.75) is 52.2 Å². The molecular formula is C13H25N3S. The van der Waals surface area contributed by atoms with Gasteiger partial charge in [-0.25, -0.2) is 0 Å². The summed E-state index contributed by atoms with van der Waals surface area (Å²) in [4.78, 5) is 0. The van der Waals surface area contributed by atoms with Gasteiger partial charge < -0.3 is 5.32 Å². The Hall–Kier alpha value is -0.480. The molecular weight excluding hydrogens is 230 g/mol. The predicted molar refractivity (Wildman–Crippen MR) is 76.5 cm³/mol. The van der Waals surface area contributed by atoms with E-state index >= 15 is 0 Å². The molecule has 0 aromatic carbocycles. The van der Waals surface area contributed by atoms with Crippen LogP contribution in [0.1, 0.15) is 39.7 Å². The molecule has 1 aromatic rings. The topological polar surface area (TPSA) is 29.9 Å². The van der Waals surface area contributed by atoms with Crippen LogP contribution in [0, 0.1) is 0 Å². The monoisotopic (exact) mass is 255 g/mol. The molecule has 0 bridgehead atoms. The van der Waals surface area contributed by atoms with Crippen LogP contribution in [-0.2, 0) is 12.1 Å². The van der Waals surface area contributed by atoms with Gasteiger partial charge >= 0.3 is 0 Å². The van der Waals surface area contributed by atoms with E-state index in [-0.39, 0.29) is 5.54 Å². The summed E-state index contributed by atoms with van der Waals surface area (Å²) in [5.74, 6) is 1.17. The van der Waals surface area contributed by atoms with Crippen LogP contribution in [0.25, 0.3) is 0 Å². The van der Waals surface area contributed by atoms with Crippen LogP contribution in [0.4, 0.5) is 0 Å². The maximum absolute atomic E-state index is 4.41. The van der Waals surface area contributed by atoms with E-state index in [4.69, 9.17) is 0 Å². The molecule has 1 N–H and O–H groups in total. The largest absolute Gasteiger partial charge is 0.309 e. The second-order valence-electron chi connectivity index (χ2n) is 5.41. The van der Waals surface area contributed by atoms with Gasteiger partial charge in [-0.3, -0.25) is 4.68 Å². The molecule has 17 heavy (non-hydrogen) atoms. The first-order chi connectivity index (χ1) is 7.97. The van der Waals surface area contributed by atoms with Crippen molar-refractivity contribution >= 4 is 11.8 Å². The second-order valence-corrected chi connectivity index (χ2v) is 6.32. The smallest absolute Gasteiger partial charge is 0.0543 e. The summed E-state index contributed by atoms with van der Waals surface area (Å²) < 4.78 is 2.03. The van der Waals surface area contributed by atoms with Crippen LogP contribution >= 0.6 is 11.8 Å². The number of nitrogens with one attached hydrogen (secondary N) is 1. The maximum atomic E-state index is 4.41.